The number of nitrogens with zero attached hydrogens (tertiary/aromatic N) is 3. The molecule has 20 heavy (non-hydrogen) atoms. The van der Waals surface area contributed by atoms with Gasteiger partial charge in [0.2, 0.25) is 0 Å². The lowest BCUT2D eigenvalue weighted by atomic mass is 10.1. The van der Waals surface area contributed by atoms with Gasteiger partial charge in [-0.2, -0.15) is 5.10 Å². The number of carbonyl (C=O) groups is 1. The number of primary amides is 1. The maximum Gasteiger partial charge on any atom is 0.269 e. The molecule has 1 fully saturated rings. The third kappa shape index (κ3) is 2.30. The second-order valence-corrected chi connectivity index (χ2v) is 5.38. The minimum atomic E-state index is -2.64. The van der Waals surface area contributed by atoms with Crippen LogP contribution in [-0.4, -0.2) is 40.1 Å². The van der Waals surface area contributed by atoms with Crippen LogP contribution in [0.4, 0.5) is 8.78 Å². The normalized spacial score (nSPS) is 27.2. The highest BCUT2D eigenvalue weighted by molar-refractivity contribution is 5.90. The van der Waals surface area contributed by atoms with Gasteiger partial charge in [-0.15, -0.1) is 0 Å². The van der Waals surface area contributed by atoms with Crippen molar-refractivity contribution in [3.63, 3.8) is 0 Å². The van der Waals surface area contributed by atoms with Gasteiger partial charge in [-0.25, -0.2) is 8.78 Å². The second kappa shape index (κ2) is 4.80. The van der Waals surface area contributed by atoms with Crippen LogP contribution in [0.3, 0.4) is 0 Å². The van der Waals surface area contributed by atoms with Gasteiger partial charge in [-0.3, -0.25) is 14.4 Å². The zero-order valence-corrected chi connectivity index (χ0v) is 12.0. The lowest BCUT2D eigenvalue weighted by molar-refractivity contribution is 0.0446. The number of aromatic nitrogens is 2. The number of rotatable bonds is 1. The molecule has 1 unspecified atom stereocenters. The SMILES string of the molecule is CC.CN1Cc2cc(C(N)=O)nn2CC2(C1)CC2(F)F. The monoisotopic (exact) mass is 286 g/mol. The number of carbonyl (C=O) groups excluding carboxylic acids is 1. The Bertz CT molecular complexity index is 528. The summed E-state index contributed by atoms with van der Waals surface area (Å²) in [7, 11) is 1.79. The zero-order chi connectivity index (χ0) is 15.1. The van der Waals surface area contributed by atoms with Crippen LogP contribution < -0.4 is 5.73 Å². The van der Waals surface area contributed by atoms with E-state index in [-0.39, 0.29) is 18.7 Å². The number of hydrogen-bond acceptors (Lipinski definition) is 3. The summed E-state index contributed by atoms with van der Waals surface area (Å²) in [5.74, 6) is -3.27. The molecule has 5 nitrogen and oxygen atoms in total. The van der Waals surface area contributed by atoms with Gasteiger partial charge in [-0.05, 0) is 13.1 Å². The molecule has 112 valence electrons. The van der Waals surface area contributed by atoms with Gasteiger partial charge in [0, 0.05) is 19.5 Å². The highest BCUT2D eigenvalue weighted by Gasteiger charge is 2.71. The highest BCUT2D eigenvalue weighted by Crippen LogP contribution is 2.62. The van der Waals surface area contributed by atoms with Crippen LogP contribution in [0.1, 0.15) is 36.5 Å². The molecule has 1 amide bonds. The van der Waals surface area contributed by atoms with Gasteiger partial charge in [-0.1, -0.05) is 13.8 Å². The first-order valence-electron chi connectivity index (χ1n) is 6.76. The topological polar surface area (TPSA) is 64.2 Å². The van der Waals surface area contributed by atoms with Crippen molar-refractivity contribution >= 4 is 5.91 Å². The third-order valence-corrected chi connectivity index (χ3v) is 3.78. The highest BCUT2D eigenvalue weighted by atomic mass is 19.3. The summed E-state index contributed by atoms with van der Waals surface area (Å²) in [4.78, 5) is 12.9. The molecular weight excluding hydrogens is 266 g/mol. The molecular formula is C13H20F2N4O. The molecule has 0 radical (unpaired) electrons. The number of alkyl halides is 2. The van der Waals surface area contributed by atoms with Crippen molar-refractivity contribution in [3.8, 4) is 0 Å². The van der Waals surface area contributed by atoms with Gasteiger partial charge in [0.25, 0.3) is 11.8 Å². The van der Waals surface area contributed by atoms with Crippen LogP contribution in [0.5, 0.6) is 0 Å². The van der Waals surface area contributed by atoms with E-state index in [1.54, 1.807) is 13.1 Å². The van der Waals surface area contributed by atoms with Crippen LogP contribution in [0.15, 0.2) is 6.07 Å². The fourth-order valence-corrected chi connectivity index (χ4v) is 2.75. The van der Waals surface area contributed by atoms with E-state index in [1.807, 2.05) is 18.7 Å². The predicted molar refractivity (Wildman–Crippen MR) is 70.4 cm³/mol. The average Bonchev–Trinajstić information content (AvgIpc) is 2.72. The lowest BCUT2D eigenvalue weighted by Crippen LogP contribution is -2.29. The van der Waals surface area contributed by atoms with Crippen LogP contribution in [-0.2, 0) is 13.1 Å². The summed E-state index contributed by atoms with van der Waals surface area (Å²) in [5.41, 5.74) is 5.02. The largest absolute Gasteiger partial charge is 0.364 e. The molecule has 1 aromatic rings. The van der Waals surface area contributed by atoms with Gasteiger partial charge in [0.1, 0.15) is 5.69 Å². The van der Waals surface area contributed by atoms with E-state index >= 15 is 0 Å². The molecule has 0 bridgehead atoms. The fourth-order valence-electron chi connectivity index (χ4n) is 2.75. The summed E-state index contributed by atoms with van der Waals surface area (Å²) in [5, 5.41) is 4.03. The smallest absolute Gasteiger partial charge is 0.269 e. The van der Waals surface area contributed by atoms with E-state index in [2.05, 4.69) is 5.10 Å². The van der Waals surface area contributed by atoms with E-state index in [4.69, 9.17) is 5.73 Å². The number of amides is 1. The van der Waals surface area contributed by atoms with Crippen molar-refractivity contribution in [2.24, 2.45) is 11.1 Å². The summed E-state index contributed by atoms with van der Waals surface area (Å²) < 4.78 is 28.6. The molecule has 2 heterocycles. The molecule has 1 aromatic heterocycles. The minimum Gasteiger partial charge on any atom is -0.364 e. The molecule has 1 aliphatic heterocycles. The number of fused-ring (bicyclic) bond motifs is 1. The molecule has 7 heteroatoms. The maximum atomic E-state index is 13.5. The Labute approximate surface area is 116 Å². The third-order valence-electron chi connectivity index (χ3n) is 3.78. The lowest BCUT2D eigenvalue weighted by Gasteiger charge is -2.19. The summed E-state index contributed by atoms with van der Waals surface area (Å²) in [6.07, 6.45) is -0.116. The molecule has 2 aliphatic rings. The predicted octanol–water partition coefficient (Wildman–Crippen LogP) is 1.48. The van der Waals surface area contributed by atoms with E-state index in [0.717, 1.165) is 5.69 Å². The van der Waals surface area contributed by atoms with Gasteiger partial charge >= 0.3 is 0 Å². The molecule has 0 saturated heterocycles. The Morgan fingerprint density at radius 2 is 2.00 bits per heavy atom. The van der Waals surface area contributed by atoms with Crippen molar-refractivity contribution in [1.29, 1.82) is 0 Å². The first-order chi connectivity index (χ1) is 9.33. The molecule has 1 spiro atoms. The molecule has 1 saturated carbocycles. The zero-order valence-electron chi connectivity index (χ0n) is 12.0. The number of hydrogen-bond donors (Lipinski definition) is 1. The second-order valence-electron chi connectivity index (χ2n) is 5.38. The first kappa shape index (κ1) is 14.9. The molecule has 1 aliphatic carbocycles. The van der Waals surface area contributed by atoms with Gasteiger partial charge < -0.3 is 5.73 Å². The maximum absolute atomic E-state index is 13.5. The summed E-state index contributed by atoms with van der Waals surface area (Å²) in [6.45, 7) is 4.99. The minimum absolute atomic E-state index is 0.116. The molecule has 2 N–H and O–H groups in total. The molecule has 1 atom stereocenters. The van der Waals surface area contributed by atoms with Crippen molar-refractivity contribution in [3.05, 3.63) is 17.5 Å². The van der Waals surface area contributed by atoms with E-state index in [0.29, 0.717) is 13.1 Å². The summed E-state index contributed by atoms with van der Waals surface area (Å²) in [6, 6.07) is 1.58. The first-order valence-corrected chi connectivity index (χ1v) is 6.76. The van der Waals surface area contributed by atoms with Crippen molar-refractivity contribution in [2.45, 2.75) is 39.3 Å². The Balaban J connectivity index is 0.000000704. The van der Waals surface area contributed by atoms with Crippen LogP contribution in [0.25, 0.3) is 0 Å². The Kier molecular flexibility index (Phi) is 3.58. The standard InChI is InChI=1S/C11H14F2N4O.C2H6/c1-16-3-7-2-8(9(14)18)15-17(7)6-10(5-16)4-11(10,12)13;1-2/h2H,3-6H2,1H3,(H2,14,18);1-2H3. The van der Waals surface area contributed by atoms with Crippen molar-refractivity contribution in [2.75, 3.05) is 13.6 Å². The van der Waals surface area contributed by atoms with Crippen LogP contribution in [0, 0.1) is 5.41 Å². The van der Waals surface area contributed by atoms with Crippen molar-refractivity contribution < 1.29 is 13.6 Å². The molecule has 3 rings (SSSR count). The Morgan fingerprint density at radius 1 is 1.40 bits per heavy atom. The number of halogens is 2. The van der Waals surface area contributed by atoms with E-state index in [9.17, 15) is 13.6 Å². The fraction of sp³-hybridized carbons (Fsp3) is 0.692. The summed E-state index contributed by atoms with van der Waals surface area (Å²) >= 11 is 0. The van der Waals surface area contributed by atoms with Crippen LogP contribution >= 0.6 is 0 Å². The van der Waals surface area contributed by atoms with Crippen LogP contribution in [0.2, 0.25) is 0 Å². The average molecular weight is 286 g/mol. The Hall–Kier alpha value is -1.50. The van der Waals surface area contributed by atoms with E-state index < -0.39 is 17.2 Å². The van der Waals surface area contributed by atoms with Crippen molar-refractivity contribution in [1.82, 2.24) is 14.7 Å². The quantitative estimate of drug-likeness (QED) is 0.850. The van der Waals surface area contributed by atoms with E-state index in [1.165, 1.54) is 4.68 Å². The Morgan fingerprint density at radius 3 is 2.50 bits per heavy atom. The molecule has 0 aromatic carbocycles. The van der Waals surface area contributed by atoms with Gasteiger partial charge in [0.05, 0.1) is 17.7 Å². The number of nitrogens with two attached hydrogens (primary N) is 1. The van der Waals surface area contributed by atoms with Gasteiger partial charge in [0.15, 0.2) is 0 Å².